The van der Waals surface area contributed by atoms with Crippen LogP contribution in [0.1, 0.15) is 34.6 Å². The van der Waals surface area contributed by atoms with Crippen LogP contribution in [-0.4, -0.2) is 23.5 Å². The van der Waals surface area contributed by atoms with E-state index in [1.54, 1.807) is 66.7 Å². The number of carbonyl (C=O) groups excluding carboxylic acids is 2. The Balaban J connectivity index is 1.58. The number of nitrogens with one attached hydrogen (secondary N) is 3. The Morgan fingerprint density at radius 2 is 1.47 bits per heavy atom. The van der Waals surface area contributed by atoms with Crippen LogP contribution in [0.2, 0.25) is 0 Å². The van der Waals surface area contributed by atoms with Gasteiger partial charge in [-0.3, -0.25) is 14.9 Å². The maximum atomic E-state index is 12.6. The number of rotatable bonds is 7. The van der Waals surface area contributed by atoms with Crippen molar-refractivity contribution in [1.82, 2.24) is 5.32 Å². The summed E-state index contributed by atoms with van der Waals surface area (Å²) in [5, 5.41) is 8.62. The molecule has 0 aliphatic rings. The third-order valence-corrected chi connectivity index (χ3v) is 4.53. The molecule has 0 saturated heterocycles. The smallest absolute Gasteiger partial charge is 0.257 e. The van der Waals surface area contributed by atoms with Gasteiger partial charge in [-0.15, -0.1) is 0 Å². The van der Waals surface area contributed by atoms with E-state index in [0.29, 0.717) is 40.8 Å². The largest absolute Gasteiger partial charge is 0.493 e. The molecule has 0 bridgehead atoms. The van der Waals surface area contributed by atoms with E-state index < -0.39 is 0 Å². The van der Waals surface area contributed by atoms with Gasteiger partial charge in [-0.1, -0.05) is 44.2 Å². The van der Waals surface area contributed by atoms with Crippen molar-refractivity contribution < 1.29 is 14.3 Å². The van der Waals surface area contributed by atoms with E-state index in [1.165, 1.54) is 0 Å². The number of hydrogen-bond acceptors (Lipinski definition) is 4. The van der Waals surface area contributed by atoms with Gasteiger partial charge in [-0.25, -0.2) is 0 Å². The number of ether oxygens (including phenoxy) is 1. The third kappa shape index (κ3) is 6.92. The van der Waals surface area contributed by atoms with Gasteiger partial charge in [-0.2, -0.15) is 0 Å². The Kier molecular flexibility index (Phi) is 7.94. The minimum Gasteiger partial charge on any atom is -0.493 e. The Morgan fingerprint density at radius 3 is 2.19 bits per heavy atom. The highest BCUT2D eigenvalue weighted by Gasteiger charge is 2.10. The molecule has 6 nitrogen and oxygen atoms in total. The van der Waals surface area contributed by atoms with Crippen LogP contribution in [0.5, 0.6) is 5.75 Å². The molecule has 0 fully saturated rings. The number of carbonyl (C=O) groups is 2. The van der Waals surface area contributed by atoms with Crippen molar-refractivity contribution in [3.05, 3.63) is 90.0 Å². The number of thiocarbonyl (C=S) groups is 1. The summed E-state index contributed by atoms with van der Waals surface area (Å²) in [7, 11) is 0. The Morgan fingerprint density at radius 1 is 0.812 bits per heavy atom. The van der Waals surface area contributed by atoms with Gasteiger partial charge in [0.2, 0.25) is 0 Å². The molecule has 7 heteroatoms. The lowest BCUT2D eigenvalue weighted by Crippen LogP contribution is -2.34. The summed E-state index contributed by atoms with van der Waals surface area (Å²) in [6.07, 6.45) is 0. The second kappa shape index (κ2) is 11.1. The van der Waals surface area contributed by atoms with Crippen molar-refractivity contribution in [2.24, 2.45) is 5.92 Å². The fourth-order valence-corrected chi connectivity index (χ4v) is 3.01. The molecule has 3 aromatic rings. The standard InChI is InChI=1S/C25H25N3O3S/c1-17(2)16-31-22-13-6-10-19(14-22)24(30)28-25(32)27-21-12-7-11-20(15-21)26-23(29)18-8-4-3-5-9-18/h3-15,17H,16H2,1-2H3,(H,26,29)(H2,27,28,30,32). The Labute approximate surface area is 193 Å². The average Bonchev–Trinajstić information content (AvgIpc) is 2.78. The number of hydrogen-bond donors (Lipinski definition) is 3. The molecule has 0 atom stereocenters. The van der Waals surface area contributed by atoms with Gasteiger partial charge >= 0.3 is 0 Å². The summed E-state index contributed by atoms with van der Waals surface area (Å²) in [4.78, 5) is 24.9. The highest BCUT2D eigenvalue weighted by molar-refractivity contribution is 7.80. The van der Waals surface area contributed by atoms with Crippen LogP contribution in [0, 0.1) is 5.92 Å². The van der Waals surface area contributed by atoms with E-state index in [1.807, 2.05) is 12.1 Å². The van der Waals surface area contributed by atoms with Gasteiger partial charge < -0.3 is 15.4 Å². The Hall–Kier alpha value is -3.71. The molecule has 0 heterocycles. The maximum absolute atomic E-state index is 12.6. The van der Waals surface area contributed by atoms with Crippen LogP contribution in [0.3, 0.4) is 0 Å². The zero-order valence-corrected chi connectivity index (χ0v) is 18.7. The molecule has 3 rings (SSSR count). The van der Waals surface area contributed by atoms with E-state index in [2.05, 4.69) is 29.8 Å². The maximum Gasteiger partial charge on any atom is 0.257 e. The van der Waals surface area contributed by atoms with Crippen LogP contribution in [0.25, 0.3) is 0 Å². The van der Waals surface area contributed by atoms with Crippen molar-refractivity contribution in [2.75, 3.05) is 17.2 Å². The van der Waals surface area contributed by atoms with E-state index in [0.717, 1.165) is 0 Å². The topological polar surface area (TPSA) is 79.5 Å². The molecule has 3 N–H and O–H groups in total. The van der Waals surface area contributed by atoms with Crippen molar-refractivity contribution in [3.63, 3.8) is 0 Å². The zero-order valence-electron chi connectivity index (χ0n) is 17.9. The van der Waals surface area contributed by atoms with Crippen LogP contribution in [0.15, 0.2) is 78.9 Å². The van der Waals surface area contributed by atoms with E-state index in [4.69, 9.17) is 17.0 Å². The molecule has 0 aliphatic carbocycles. The summed E-state index contributed by atoms with van der Waals surface area (Å²) >= 11 is 5.28. The molecule has 2 amide bonds. The SMILES string of the molecule is CC(C)COc1cccc(C(=O)NC(=S)Nc2cccc(NC(=O)c3ccccc3)c2)c1. The highest BCUT2D eigenvalue weighted by atomic mass is 32.1. The van der Waals surface area contributed by atoms with Gasteiger partial charge in [0, 0.05) is 22.5 Å². The summed E-state index contributed by atoms with van der Waals surface area (Å²) in [5.74, 6) is 0.466. The minimum absolute atomic E-state index is 0.148. The zero-order chi connectivity index (χ0) is 22.9. The minimum atomic E-state index is -0.342. The predicted molar refractivity (Wildman–Crippen MR) is 131 cm³/mol. The number of anilines is 2. The number of amides is 2. The molecule has 0 unspecified atom stereocenters. The van der Waals surface area contributed by atoms with E-state index >= 15 is 0 Å². The predicted octanol–water partition coefficient (Wildman–Crippen LogP) is 5.10. The monoisotopic (exact) mass is 447 g/mol. The molecule has 0 aliphatic heterocycles. The first-order valence-corrected chi connectivity index (χ1v) is 10.6. The van der Waals surface area contributed by atoms with Crippen LogP contribution in [0.4, 0.5) is 11.4 Å². The number of benzene rings is 3. The summed E-state index contributed by atoms with van der Waals surface area (Å²) < 4.78 is 5.67. The lowest BCUT2D eigenvalue weighted by molar-refractivity contribution is 0.0976. The van der Waals surface area contributed by atoms with Crippen molar-refractivity contribution >= 4 is 40.5 Å². The van der Waals surface area contributed by atoms with Crippen LogP contribution >= 0.6 is 12.2 Å². The molecule has 164 valence electrons. The van der Waals surface area contributed by atoms with Crippen molar-refractivity contribution in [3.8, 4) is 5.75 Å². The molecule has 0 radical (unpaired) electrons. The van der Waals surface area contributed by atoms with Crippen LogP contribution < -0.4 is 20.7 Å². The molecular weight excluding hydrogens is 422 g/mol. The fourth-order valence-electron chi connectivity index (χ4n) is 2.80. The second-order valence-electron chi connectivity index (χ2n) is 7.54. The normalized spacial score (nSPS) is 10.3. The molecule has 0 saturated carbocycles. The molecule has 3 aromatic carbocycles. The summed E-state index contributed by atoms with van der Waals surface area (Å²) in [5.41, 5.74) is 2.25. The van der Waals surface area contributed by atoms with Gasteiger partial charge in [0.05, 0.1) is 6.61 Å². The second-order valence-corrected chi connectivity index (χ2v) is 7.95. The molecule has 0 spiro atoms. The lowest BCUT2D eigenvalue weighted by atomic mass is 10.2. The van der Waals surface area contributed by atoms with Crippen molar-refractivity contribution in [2.45, 2.75) is 13.8 Å². The first-order valence-electron chi connectivity index (χ1n) is 10.2. The first kappa shape index (κ1) is 23.0. The lowest BCUT2D eigenvalue weighted by Gasteiger charge is -2.12. The Bertz CT molecular complexity index is 1100. The van der Waals surface area contributed by atoms with Gasteiger partial charge in [0.1, 0.15) is 5.75 Å². The van der Waals surface area contributed by atoms with Gasteiger partial charge in [0.25, 0.3) is 11.8 Å². The van der Waals surface area contributed by atoms with Crippen LogP contribution in [-0.2, 0) is 0 Å². The fraction of sp³-hybridized carbons (Fsp3) is 0.160. The molecule has 32 heavy (non-hydrogen) atoms. The first-order chi connectivity index (χ1) is 15.4. The average molecular weight is 448 g/mol. The van der Waals surface area contributed by atoms with E-state index in [9.17, 15) is 9.59 Å². The summed E-state index contributed by atoms with van der Waals surface area (Å²) in [6.45, 7) is 4.69. The molecular formula is C25H25N3O3S. The van der Waals surface area contributed by atoms with Gasteiger partial charge in [0.15, 0.2) is 5.11 Å². The quantitative estimate of drug-likeness (QED) is 0.439. The van der Waals surface area contributed by atoms with Gasteiger partial charge in [-0.05, 0) is 66.7 Å². The highest BCUT2D eigenvalue weighted by Crippen LogP contribution is 2.17. The third-order valence-electron chi connectivity index (χ3n) is 4.32. The molecule has 0 aromatic heterocycles. The van der Waals surface area contributed by atoms with E-state index in [-0.39, 0.29) is 16.9 Å². The van der Waals surface area contributed by atoms with Crippen molar-refractivity contribution in [1.29, 1.82) is 0 Å². The summed E-state index contributed by atoms with van der Waals surface area (Å²) in [6, 6.07) is 23.0.